The van der Waals surface area contributed by atoms with E-state index in [1.807, 2.05) is 0 Å². The van der Waals surface area contributed by atoms with Crippen molar-refractivity contribution in [2.24, 2.45) is 0 Å². The summed E-state index contributed by atoms with van der Waals surface area (Å²) in [5, 5.41) is 0. The molecule has 0 aliphatic carbocycles. The molecule has 5 nitrogen and oxygen atoms in total. The minimum absolute atomic E-state index is 0.0167. The van der Waals surface area contributed by atoms with E-state index in [0.29, 0.717) is 6.07 Å². The molecule has 0 spiro atoms. The maximum absolute atomic E-state index is 13.3. The SMILES string of the molecule is CS(=O)(=O)c1ccccc1-c1cc(C(F)(F)F)nc(Oc2ccc(F)cc2)n1. The molecule has 3 rings (SSSR count). The van der Waals surface area contributed by atoms with Gasteiger partial charge in [-0.3, -0.25) is 0 Å². The minimum Gasteiger partial charge on any atom is -0.424 e. The van der Waals surface area contributed by atoms with Crippen LogP contribution in [-0.4, -0.2) is 24.6 Å². The van der Waals surface area contributed by atoms with Crippen molar-refractivity contribution < 1.29 is 30.7 Å². The van der Waals surface area contributed by atoms with Gasteiger partial charge in [-0.25, -0.2) is 12.8 Å². The van der Waals surface area contributed by atoms with Gasteiger partial charge < -0.3 is 4.74 Å². The van der Waals surface area contributed by atoms with E-state index in [0.717, 1.165) is 18.4 Å². The van der Waals surface area contributed by atoms with Crippen LogP contribution in [0.3, 0.4) is 0 Å². The fraction of sp³-hybridized carbons (Fsp3) is 0.111. The Hall–Kier alpha value is -3.01. The van der Waals surface area contributed by atoms with Crippen LogP contribution in [0.5, 0.6) is 11.8 Å². The lowest BCUT2D eigenvalue weighted by molar-refractivity contribution is -0.141. The topological polar surface area (TPSA) is 69.2 Å². The molecule has 28 heavy (non-hydrogen) atoms. The molecule has 0 unspecified atom stereocenters. The van der Waals surface area contributed by atoms with E-state index >= 15 is 0 Å². The largest absolute Gasteiger partial charge is 0.433 e. The van der Waals surface area contributed by atoms with E-state index in [9.17, 15) is 26.0 Å². The Labute approximate surface area is 157 Å². The first kappa shape index (κ1) is 19.7. The highest BCUT2D eigenvalue weighted by Gasteiger charge is 2.34. The number of alkyl halides is 3. The summed E-state index contributed by atoms with van der Waals surface area (Å²) in [6.07, 6.45) is -3.88. The van der Waals surface area contributed by atoms with Crippen molar-refractivity contribution >= 4 is 9.84 Å². The average Bonchev–Trinajstić information content (AvgIpc) is 2.62. The Morgan fingerprint density at radius 3 is 2.21 bits per heavy atom. The van der Waals surface area contributed by atoms with Crippen molar-refractivity contribution in [3.05, 3.63) is 66.1 Å². The second kappa shape index (κ2) is 7.19. The van der Waals surface area contributed by atoms with Crippen LogP contribution >= 0.6 is 0 Å². The Morgan fingerprint density at radius 1 is 0.964 bits per heavy atom. The number of halogens is 4. The average molecular weight is 412 g/mol. The first-order valence-corrected chi connectivity index (χ1v) is 9.62. The lowest BCUT2D eigenvalue weighted by Gasteiger charge is -2.13. The molecule has 0 amide bonds. The maximum atomic E-state index is 13.3. The van der Waals surface area contributed by atoms with Gasteiger partial charge in [0.15, 0.2) is 15.5 Å². The Kier molecular flexibility index (Phi) is 5.07. The van der Waals surface area contributed by atoms with Crippen molar-refractivity contribution in [3.63, 3.8) is 0 Å². The third-order valence-electron chi connectivity index (χ3n) is 3.58. The summed E-state index contributed by atoms with van der Waals surface area (Å²) in [6, 6.07) is 10.0. The summed E-state index contributed by atoms with van der Waals surface area (Å²) in [4.78, 5) is 7.07. The van der Waals surface area contributed by atoms with Gasteiger partial charge >= 0.3 is 12.2 Å². The molecular formula is C18H12F4N2O3S. The van der Waals surface area contributed by atoms with Gasteiger partial charge in [0.2, 0.25) is 0 Å². The van der Waals surface area contributed by atoms with Crippen molar-refractivity contribution in [3.8, 4) is 23.0 Å². The molecule has 0 fully saturated rings. The molecular weight excluding hydrogens is 400 g/mol. The summed E-state index contributed by atoms with van der Waals surface area (Å²) in [6.45, 7) is 0. The fourth-order valence-corrected chi connectivity index (χ4v) is 3.26. The summed E-state index contributed by atoms with van der Waals surface area (Å²) < 4.78 is 82.0. The number of sulfone groups is 1. The predicted molar refractivity (Wildman–Crippen MR) is 92.1 cm³/mol. The van der Waals surface area contributed by atoms with Gasteiger partial charge in [0.1, 0.15) is 11.6 Å². The van der Waals surface area contributed by atoms with Gasteiger partial charge in [-0.15, -0.1) is 0 Å². The highest BCUT2D eigenvalue weighted by molar-refractivity contribution is 7.90. The third kappa shape index (κ3) is 4.45. The Balaban J connectivity index is 2.16. The van der Waals surface area contributed by atoms with Gasteiger partial charge in [-0.2, -0.15) is 23.1 Å². The normalized spacial score (nSPS) is 12.0. The smallest absolute Gasteiger partial charge is 0.424 e. The number of rotatable bonds is 4. The molecule has 146 valence electrons. The van der Waals surface area contributed by atoms with Crippen molar-refractivity contribution in [2.75, 3.05) is 6.26 Å². The predicted octanol–water partition coefficient (Wildman–Crippen LogP) is 4.50. The highest BCUT2D eigenvalue weighted by Crippen LogP contribution is 2.34. The maximum Gasteiger partial charge on any atom is 0.433 e. The first-order valence-electron chi connectivity index (χ1n) is 7.73. The standard InChI is InChI=1S/C18H12F4N2O3S/c1-28(25,26)15-5-3-2-4-13(15)14-10-16(18(20,21)22)24-17(23-14)27-12-8-6-11(19)7-9-12/h2-10H,1H3. The van der Waals surface area contributed by atoms with Crippen LogP contribution in [0.15, 0.2) is 59.5 Å². The van der Waals surface area contributed by atoms with Crippen molar-refractivity contribution in [1.82, 2.24) is 9.97 Å². The first-order chi connectivity index (χ1) is 13.0. The molecule has 1 heterocycles. The van der Waals surface area contributed by atoms with Gasteiger partial charge in [0, 0.05) is 11.8 Å². The monoisotopic (exact) mass is 412 g/mol. The molecule has 0 aliphatic heterocycles. The zero-order chi connectivity index (χ0) is 20.5. The summed E-state index contributed by atoms with van der Waals surface area (Å²) in [7, 11) is -3.73. The third-order valence-corrected chi connectivity index (χ3v) is 4.74. The van der Waals surface area contributed by atoms with Crippen LogP contribution in [0, 0.1) is 5.82 Å². The molecule has 0 saturated heterocycles. The van der Waals surface area contributed by atoms with Crippen LogP contribution in [0.4, 0.5) is 17.6 Å². The number of benzene rings is 2. The second-order valence-corrected chi connectivity index (χ2v) is 7.73. The molecule has 0 saturated carbocycles. The van der Waals surface area contributed by atoms with E-state index in [2.05, 4.69) is 9.97 Å². The molecule has 0 atom stereocenters. The minimum atomic E-state index is -4.82. The molecule has 1 aromatic heterocycles. The van der Waals surface area contributed by atoms with E-state index in [-0.39, 0.29) is 21.9 Å². The Morgan fingerprint density at radius 2 is 1.61 bits per heavy atom. The summed E-state index contributed by atoms with van der Waals surface area (Å²) in [5.74, 6) is -0.539. The van der Waals surface area contributed by atoms with E-state index < -0.39 is 33.5 Å². The fourth-order valence-electron chi connectivity index (χ4n) is 2.36. The van der Waals surface area contributed by atoms with E-state index in [1.54, 1.807) is 0 Å². The lowest BCUT2D eigenvalue weighted by atomic mass is 10.1. The summed E-state index contributed by atoms with van der Waals surface area (Å²) >= 11 is 0. The molecule has 2 aromatic carbocycles. The highest BCUT2D eigenvalue weighted by atomic mass is 32.2. The van der Waals surface area contributed by atoms with Gasteiger partial charge in [0.25, 0.3) is 0 Å². The molecule has 0 N–H and O–H groups in total. The molecule has 10 heteroatoms. The molecule has 3 aromatic rings. The number of aromatic nitrogens is 2. The zero-order valence-corrected chi connectivity index (χ0v) is 15.1. The zero-order valence-electron chi connectivity index (χ0n) is 14.2. The van der Waals surface area contributed by atoms with Gasteiger partial charge in [-0.1, -0.05) is 18.2 Å². The van der Waals surface area contributed by atoms with Gasteiger partial charge in [-0.05, 0) is 36.4 Å². The van der Waals surface area contributed by atoms with Crippen LogP contribution < -0.4 is 4.74 Å². The summed E-state index contributed by atoms with van der Waals surface area (Å²) in [5.41, 5.74) is -1.61. The number of ether oxygens (including phenoxy) is 1. The van der Waals surface area contributed by atoms with Crippen molar-refractivity contribution in [2.45, 2.75) is 11.1 Å². The molecule has 0 bridgehead atoms. The number of hydrogen-bond donors (Lipinski definition) is 0. The molecule has 0 aliphatic rings. The van der Waals surface area contributed by atoms with Crippen LogP contribution in [-0.2, 0) is 16.0 Å². The lowest BCUT2D eigenvalue weighted by Crippen LogP contribution is -2.11. The quantitative estimate of drug-likeness (QED) is 0.591. The Bertz CT molecular complexity index is 1110. The van der Waals surface area contributed by atoms with Crippen LogP contribution in [0.1, 0.15) is 5.69 Å². The molecule has 0 radical (unpaired) electrons. The van der Waals surface area contributed by atoms with Crippen LogP contribution in [0.2, 0.25) is 0 Å². The number of nitrogens with zero attached hydrogens (tertiary/aromatic N) is 2. The second-order valence-electron chi connectivity index (χ2n) is 5.74. The van der Waals surface area contributed by atoms with Crippen molar-refractivity contribution in [1.29, 1.82) is 0 Å². The van der Waals surface area contributed by atoms with E-state index in [4.69, 9.17) is 4.74 Å². The van der Waals surface area contributed by atoms with Gasteiger partial charge in [0.05, 0.1) is 10.6 Å². The van der Waals surface area contributed by atoms with Crippen LogP contribution in [0.25, 0.3) is 11.3 Å². The number of hydrogen-bond acceptors (Lipinski definition) is 5. The van der Waals surface area contributed by atoms with E-state index in [1.165, 1.54) is 36.4 Å².